The first-order chi connectivity index (χ1) is 10.3. The van der Waals surface area contributed by atoms with Gasteiger partial charge in [-0.25, -0.2) is 9.78 Å². The number of pyridine rings is 1. The maximum absolute atomic E-state index is 12.0. The quantitative estimate of drug-likeness (QED) is 0.869. The molecule has 0 amide bonds. The van der Waals surface area contributed by atoms with Gasteiger partial charge in [-0.2, -0.15) is 0 Å². The summed E-state index contributed by atoms with van der Waals surface area (Å²) in [4.78, 5) is 18.8. The molecule has 0 radical (unpaired) electrons. The SMILES string of the molecule is COC(=O)c1ccc(C(C)(C)O)nc1N1CCC2(CC1)CC2. The molecule has 1 aromatic rings. The van der Waals surface area contributed by atoms with Gasteiger partial charge >= 0.3 is 5.97 Å². The Labute approximate surface area is 131 Å². The number of hydrogen-bond donors (Lipinski definition) is 1. The van der Waals surface area contributed by atoms with Crippen molar-refractivity contribution in [3.8, 4) is 0 Å². The molecule has 0 unspecified atom stereocenters. The van der Waals surface area contributed by atoms with E-state index >= 15 is 0 Å². The second-order valence-corrected chi connectivity index (χ2v) is 7.11. The van der Waals surface area contributed by atoms with Crippen LogP contribution in [0.25, 0.3) is 0 Å². The van der Waals surface area contributed by atoms with Crippen LogP contribution in [-0.2, 0) is 10.3 Å². The molecular weight excluding hydrogens is 280 g/mol. The van der Waals surface area contributed by atoms with Crippen molar-refractivity contribution < 1.29 is 14.6 Å². The van der Waals surface area contributed by atoms with Crippen molar-refractivity contribution in [2.75, 3.05) is 25.1 Å². The summed E-state index contributed by atoms with van der Waals surface area (Å²) < 4.78 is 4.88. The minimum absolute atomic E-state index is 0.378. The van der Waals surface area contributed by atoms with E-state index in [0.717, 1.165) is 25.9 Å². The molecule has 120 valence electrons. The molecule has 0 aromatic carbocycles. The summed E-state index contributed by atoms with van der Waals surface area (Å²) in [5, 5.41) is 10.2. The summed E-state index contributed by atoms with van der Waals surface area (Å²) in [7, 11) is 1.38. The zero-order chi connectivity index (χ0) is 16.0. The van der Waals surface area contributed by atoms with Gasteiger partial charge in [0.25, 0.3) is 0 Å². The van der Waals surface area contributed by atoms with Crippen LogP contribution in [0, 0.1) is 5.41 Å². The monoisotopic (exact) mass is 304 g/mol. The van der Waals surface area contributed by atoms with Crippen LogP contribution in [0.2, 0.25) is 0 Å². The van der Waals surface area contributed by atoms with E-state index in [1.54, 1.807) is 26.0 Å². The van der Waals surface area contributed by atoms with E-state index in [1.807, 2.05) is 0 Å². The largest absolute Gasteiger partial charge is 0.465 e. The predicted molar refractivity (Wildman–Crippen MR) is 83.9 cm³/mol. The Bertz CT molecular complexity index is 578. The summed E-state index contributed by atoms with van der Waals surface area (Å²) >= 11 is 0. The van der Waals surface area contributed by atoms with Gasteiger partial charge in [0.05, 0.1) is 12.8 Å². The van der Waals surface area contributed by atoms with Crippen molar-refractivity contribution in [1.29, 1.82) is 0 Å². The number of carbonyl (C=O) groups excluding carboxylic acids is 1. The van der Waals surface area contributed by atoms with Crippen LogP contribution in [0.3, 0.4) is 0 Å². The Morgan fingerprint density at radius 1 is 1.27 bits per heavy atom. The Morgan fingerprint density at radius 3 is 2.41 bits per heavy atom. The highest BCUT2D eigenvalue weighted by Gasteiger charge is 2.45. The number of carbonyl (C=O) groups is 1. The Hall–Kier alpha value is -1.62. The summed E-state index contributed by atoms with van der Waals surface area (Å²) in [6, 6.07) is 3.41. The number of piperidine rings is 1. The van der Waals surface area contributed by atoms with Crippen LogP contribution in [-0.4, -0.2) is 36.3 Å². The van der Waals surface area contributed by atoms with Crippen LogP contribution in [0.1, 0.15) is 55.6 Å². The number of anilines is 1. The molecule has 0 atom stereocenters. The zero-order valence-electron chi connectivity index (χ0n) is 13.6. The molecule has 0 bridgehead atoms. The maximum Gasteiger partial charge on any atom is 0.341 e. The number of nitrogens with zero attached hydrogens (tertiary/aromatic N) is 2. The fourth-order valence-corrected chi connectivity index (χ4v) is 3.17. The molecule has 2 fully saturated rings. The average molecular weight is 304 g/mol. The van der Waals surface area contributed by atoms with Crippen molar-refractivity contribution in [2.24, 2.45) is 5.41 Å². The fourth-order valence-electron chi connectivity index (χ4n) is 3.17. The summed E-state index contributed by atoms with van der Waals surface area (Å²) in [6.45, 7) is 5.22. The average Bonchev–Trinajstić information content (AvgIpc) is 3.25. The summed E-state index contributed by atoms with van der Waals surface area (Å²) in [5.41, 5.74) is 0.580. The molecule has 3 rings (SSSR count). The Kier molecular flexibility index (Phi) is 3.63. The molecule has 1 spiro atoms. The first-order valence-electron chi connectivity index (χ1n) is 7.92. The second kappa shape index (κ2) is 5.23. The van der Waals surface area contributed by atoms with Crippen molar-refractivity contribution in [2.45, 2.75) is 45.1 Å². The van der Waals surface area contributed by atoms with Gasteiger partial charge in [-0.3, -0.25) is 0 Å². The topological polar surface area (TPSA) is 62.7 Å². The first kappa shape index (κ1) is 15.3. The van der Waals surface area contributed by atoms with Gasteiger partial charge in [-0.05, 0) is 57.1 Å². The van der Waals surface area contributed by atoms with Crippen molar-refractivity contribution in [3.05, 3.63) is 23.4 Å². The molecule has 1 aromatic heterocycles. The van der Waals surface area contributed by atoms with Gasteiger partial charge in [-0.1, -0.05) is 0 Å². The molecule has 1 saturated carbocycles. The Balaban J connectivity index is 1.93. The summed E-state index contributed by atoms with van der Waals surface area (Å²) in [5.74, 6) is 0.262. The van der Waals surface area contributed by atoms with Gasteiger partial charge in [-0.15, -0.1) is 0 Å². The van der Waals surface area contributed by atoms with E-state index in [2.05, 4.69) is 9.88 Å². The van der Waals surface area contributed by atoms with Crippen LogP contribution in [0.4, 0.5) is 5.82 Å². The maximum atomic E-state index is 12.0. The van der Waals surface area contributed by atoms with Crippen molar-refractivity contribution in [1.82, 2.24) is 4.98 Å². The van der Waals surface area contributed by atoms with Crippen LogP contribution in [0.5, 0.6) is 0 Å². The standard InChI is InChI=1S/C17H24N2O3/c1-16(2,21)13-5-4-12(15(20)22-3)14(18-13)19-10-8-17(6-7-17)9-11-19/h4-5,21H,6-11H2,1-3H3. The highest BCUT2D eigenvalue weighted by atomic mass is 16.5. The second-order valence-electron chi connectivity index (χ2n) is 7.11. The zero-order valence-corrected chi connectivity index (χ0v) is 13.6. The number of rotatable bonds is 3. The van der Waals surface area contributed by atoms with Gasteiger partial charge in [0, 0.05) is 13.1 Å². The van der Waals surface area contributed by atoms with E-state index in [-0.39, 0.29) is 5.97 Å². The molecule has 1 N–H and O–H groups in total. The number of esters is 1. The lowest BCUT2D eigenvalue weighted by Gasteiger charge is -2.34. The molecular formula is C17H24N2O3. The number of aromatic nitrogens is 1. The third-order valence-corrected chi connectivity index (χ3v) is 4.99. The minimum atomic E-state index is -1.03. The molecule has 5 nitrogen and oxygen atoms in total. The van der Waals surface area contributed by atoms with Crippen LogP contribution in [0.15, 0.2) is 12.1 Å². The number of hydrogen-bond acceptors (Lipinski definition) is 5. The normalized spacial score (nSPS) is 20.1. The van der Waals surface area contributed by atoms with E-state index in [9.17, 15) is 9.90 Å². The van der Waals surface area contributed by atoms with Gasteiger partial charge < -0.3 is 14.7 Å². The van der Waals surface area contributed by atoms with Crippen molar-refractivity contribution in [3.63, 3.8) is 0 Å². The fraction of sp³-hybridized carbons (Fsp3) is 0.647. The first-order valence-corrected chi connectivity index (χ1v) is 7.92. The van der Waals surface area contributed by atoms with E-state index < -0.39 is 5.60 Å². The number of methoxy groups -OCH3 is 1. The highest BCUT2D eigenvalue weighted by Crippen LogP contribution is 2.54. The third-order valence-electron chi connectivity index (χ3n) is 4.99. The predicted octanol–water partition coefficient (Wildman–Crippen LogP) is 2.48. The van der Waals surface area contributed by atoms with Gasteiger partial charge in [0.1, 0.15) is 17.0 Å². The van der Waals surface area contributed by atoms with E-state index in [0.29, 0.717) is 22.5 Å². The van der Waals surface area contributed by atoms with Crippen LogP contribution < -0.4 is 4.90 Å². The summed E-state index contributed by atoms with van der Waals surface area (Å²) in [6.07, 6.45) is 4.98. The minimum Gasteiger partial charge on any atom is -0.465 e. The molecule has 22 heavy (non-hydrogen) atoms. The molecule has 2 aliphatic rings. The molecule has 1 saturated heterocycles. The Morgan fingerprint density at radius 2 is 1.91 bits per heavy atom. The molecule has 1 aliphatic heterocycles. The number of ether oxygens (including phenoxy) is 1. The van der Waals surface area contributed by atoms with Gasteiger partial charge in [0.15, 0.2) is 0 Å². The molecule has 5 heteroatoms. The van der Waals surface area contributed by atoms with E-state index in [4.69, 9.17) is 4.74 Å². The lowest BCUT2D eigenvalue weighted by molar-refractivity contribution is 0.0596. The molecule has 2 heterocycles. The highest BCUT2D eigenvalue weighted by molar-refractivity contribution is 5.94. The molecule has 1 aliphatic carbocycles. The van der Waals surface area contributed by atoms with Gasteiger partial charge in [0.2, 0.25) is 0 Å². The third kappa shape index (κ3) is 2.82. The number of aliphatic hydroxyl groups is 1. The van der Waals surface area contributed by atoms with Crippen molar-refractivity contribution >= 4 is 11.8 Å². The van der Waals surface area contributed by atoms with E-state index in [1.165, 1.54) is 20.0 Å². The lowest BCUT2D eigenvalue weighted by Crippen LogP contribution is -2.36. The smallest absolute Gasteiger partial charge is 0.341 e. The van der Waals surface area contributed by atoms with Crippen LogP contribution >= 0.6 is 0 Å². The lowest BCUT2D eigenvalue weighted by atomic mass is 9.93.